The summed E-state index contributed by atoms with van der Waals surface area (Å²) in [5.41, 5.74) is 4.36. The van der Waals surface area contributed by atoms with Crippen LogP contribution in [0.25, 0.3) is 11.0 Å². The first kappa shape index (κ1) is 23.6. The first-order valence-electron chi connectivity index (χ1n) is 11.0. The number of aryl methyl sites for hydroxylation is 4. The molecule has 0 aliphatic carbocycles. The molecule has 0 saturated carbocycles. The molecule has 2 aromatic heterocycles. The van der Waals surface area contributed by atoms with Gasteiger partial charge in [0, 0.05) is 26.3 Å². The van der Waals surface area contributed by atoms with Gasteiger partial charge in [0.25, 0.3) is 0 Å². The van der Waals surface area contributed by atoms with E-state index in [1.54, 1.807) is 35.4 Å². The smallest absolute Gasteiger partial charge is 0.328 e. The van der Waals surface area contributed by atoms with Gasteiger partial charge < -0.3 is 14.6 Å². The van der Waals surface area contributed by atoms with Crippen LogP contribution in [0.4, 0.5) is 5.69 Å². The molecule has 178 valence electrons. The van der Waals surface area contributed by atoms with Crippen molar-refractivity contribution < 1.29 is 9.53 Å². The Hall–Kier alpha value is -3.53. The summed E-state index contributed by atoms with van der Waals surface area (Å²) in [6.45, 7) is 7.04. The minimum atomic E-state index is -0.163. The number of rotatable bonds is 8. The average molecular weight is 481 g/mol. The van der Waals surface area contributed by atoms with Crippen molar-refractivity contribution in [2.24, 2.45) is 14.1 Å². The van der Waals surface area contributed by atoms with E-state index in [0.717, 1.165) is 22.3 Å². The summed E-state index contributed by atoms with van der Waals surface area (Å²) in [4.78, 5) is 24.7. The third-order valence-corrected chi connectivity index (χ3v) is 6.65. The fraction of sp³-hybridized carbons (Fsp3) is 0.333. The van der Waals surface area contributed by atoms with E-state index >= 15 is 0 Å². The van der Waals surface area contributed by atoms with Gasteiger partial charge in [-0.3, -0.25) is 13.9 Å². The molecule has 4 aromatic rings. The molecular formula is C24H28N6O3S. The molecule has 34 heavy (non-hydrogen) atoms. The Labute approximate surface area is 201 Å². The van der Waals surface area contributed by atoms with Gasteiger partial charge in [0.15, 0.2) is 11.0 Å². The van der Waals surface area contributed by atoms with Crippen LogP contribution < -0.4 is 15.7 Å². The van der Waals surface area contributed by atoms with Gasteiger partial charge in [0.1, 0.15) is 12.4 Å². The van der Waals surface area contributed by atoms with E-state index < -0.39 is 0 Å². The fourth-order valence-corrected chi connectivity index (χ4v) is 4.69. The summed E-state index contributed by atoms with van der Waals surface area (Å²) in [5, 5.41) is 12.1. The second-order valence-corrected chi connectivity index (χ2v) is 9.08. The Bertz CT molecular complexity index is 1420. The van der Waals surface area contributed by atoms with Crippen molar-refractivity contribution in [3.05, 3.63) is 63.8 Å². The highest BCUT2D eigenvalue weighted by atomic mass is 32.2. The molecule has 2 heterocycles. The number of fused-ring (bicyclic) bond motifs is 1. The van der Waals surface area contributed by atoms with Crippen molar-refractivity contribution in [2.45, 2.75) is 39.1 Å². The van der Waals surface area contributed by atoms with Crippen LogP contribution in [0.1, 0.15) is 23.9 Å². The van der Waals surface area contributed by atoms with Gasteiger partial charge in [0.2, 0.25) is 5.91 Å². The molecule has 10 heteroatoms. The highest BCUT2D eigenvalue weighted by Gasteiger charge is 2.15. The lowest BCUT2D eigenvalue weighted by atomic mass is 10.1. The van der Waals surface area contributed by atoms with E-state index in [9.17, 15) is 9.59 Å². The highest BCUT2D eigenvalue weighted by Crippen LogP contribution is 2.22. The van der Waals surface area contributed by atoms with Crippen LogP contribution in [0, 0.1) is 13.8 Å². The Morgan fingerprint density at radius 2 is 1.82 bits per heavy atom. The number of aromatic nitrogens is 5. The zero-order chi connectivity index (χ0) is 24.4. The number of benzene rings is 2. The highest BCUT2D eigenvalue weighted by molar-refractivity contribution is 7.99. The number of imidazole rings is 1. The first-order valence-corrected chi connectivity index (χ1v) is 12.0. The zero-order valence-electron chi connectivity index (χ0n) is 20.0. The lowest BCUT2D eigenvalue weighted by Crippen LogP contribution is -2.19. The van der Waals surface area contributed by atoms with Gasteiger partial charge in [-0.15, -0.1) is 10.2 Å². The number of anilines is 1. The Morgan fingerprint density at radius 1 is 1.06 bits per heavy atom. The molecule has 4 rings (SSSR count). The van der Waals surface area contributed by atoms with E-state index in [-0.39, 0.29) is 17.3 Å². The van der Waals surface area contributed by atoms with Gasteiger partial charge in [-0.1, -0.05) is 29.5 Å². The number of carbonyl (C=O) groups is 1. The number of nitrogens with one attached hydrogen (secondary N) is 1. The van der Waals surface area contributed by atoms with E-state index in [0.29, 0.717) is 29.8 Å². The molecule has 0 atom stereocenters. The third kappa shape index (κ3) is 4.72. The molecule has 0 aliphatic heterocycles. The average Bonchev–Trinajstić information content (AvgIpc) is 3.31. The normalized spacial score (nSPS) is 11.2. The molecule has 2 aromatic carbocycles. The maximum Gasteiger partial charge on any atom is 0.328 e. The second kappa shape index (κ2) is 9.76. The number of hydrogen-bond acceptors (Lipinski definition) is 6. The number of carbonyl (C=O) groups excluding carboxylic acids is 1. The van der Waals surface area contributed by atoms with E-state index in [4.69, 9.17) is 4.74 Å². The number of ether oxygens (including phenoxy) is 1. The van der Waals surface area contributed by atoms with Crippen molar-refractivity contribution in [3.8, 4) is 5.75 Å². The summed E-state index contributed by atoms with van der Waals surface area (Å²) in [7, 11) is 3.44. The molecule has 1 N–H and O–H groups in total. The summed E-state index contributed by atoms with van der Waals surface area (Å²) < 4.78 is 11.0. The van der Waals surface area contributed by atoms with Crippen LogP contribution in [-0.2, 0) is 32.0 Å². The van der Waals surface area contributed by atoms with Gasteiger partial charge in [-0.2, -0.15) is 0 Å². The first-order chi connectivity index (χ1) is 16.3. The Balaban J connectivity index is 1.39. The predicted molar refractivity (Wildman–Crippen MR) is 133 cm³/mol. The minimum Gasteiger partial charge on any atom is -0.485 e. The summed E-state index contributed by atoms with van der Waals surface area (Å²) in [6.07, 6.45) is 0. The van der Waals surface area contributed by atoms with Crippen LogP contribution in [0.15, 0.2) is 46.3 Å². The lowest BCUT2D eigenvalue weighted by molar-refractivity contribution is -0.113. The van der Waals surface area contributed by atoms with Crippen molar-refractivity contribution >= 4 is 34.4 Å². The number of thioether (sulfide) groups is 1. The zero-order valence-corrected chi connectivity index (χ0v) is 20.8. The van der Waals surface area contributed by atoms with Crippen LogP contribution in [0.2, 0.25) is 0 Å². The molecule has 9 nitrogen and oxygen atoms in total. The van der Waals surface area contributed by atoms with Gasteiger partial charge in [-0.25, -0.2) is 4.79 Å². The fourth-order valence-electron chi connectivity index (χ4n) is 3.87. The van der Waals surface area contributed by atoms with Crippen LogP contribution >= 0.6 is 11.8 Å². The Kier molecular flexibility index (Phi) is 6.78. The summed E-state index contributed by atoms with van der Waals surface area (Å²) in [6, 6.07) is 11.5. The van der Waals surface area contributed by atoms with Crippen molar-refractivity contribution in [1.29, 1.82) is 0 Å². The number of hydrogen-bond donors (Lipinski definition) is 1. The predicted octanol–water partition coefficient (Wildman–Crippen LogP) is 3.42. The van der Waals surface area contributed by atoms with Crippen molar-refractivity contribution in [1.82, 2.24) is 23.9 Å². The topological polar surface area (TPSA) is 96.0 Å². The van der Waals surface area contributed by atoms with E-state index in [2.05, 4.69) is 21.6 Å². The standard InChI is InChI=1S/C24H28N6O3S/c1-6-30-21(13-33-20-10-7-15(2)11-16(20)3)26-27-23(30)34-14-22(31)25-17-8-9-18-19(12-17)29(5)24(32)28(18)4/h7-12H,6,13-14H2,1-5H3,(H,25,31). The van der Waals surface area contributed by atoms with E-state index in [1.165, 1.54) is 17.3 Å². The van der Waals surface area contributed by atoms with Gasteiger partial charge in [-0.05, 0) is 50.6 Å². The second-order valence-electron chi connectivity index (χ2n) is 8.14. The molecule has 0 aliphatic rings. The maximum absolute atomic E-state index is 12.6. The molecule has 0 unspecified atom stereocenters. The Morgan fingerprint density at radius 3 is 2.56 bits per heavy atom. The molecule has 0 fully saturated rings. The maximum atomic E-state index is 12.6. The quantitative estimate of drug-likeness (QED) is 0.388. The minimum absolute atomic E-state index is 0.106. The van der Waals surface area contributed by atoms with Gasteiger partial charge >= 0.3 is 5.69 Å². The van der Waals surface area contributed by atoms with Gasteiger partial charge in [0.05, 0.1) is 16.8 Å². The number of amides is 1. The molecular weight excluding hydrogens is 452 g/mol. The molecule has 0 spiro atoms. The number of nitrogens with zero attached hydrogens (tertiary/aromatic N) is 5. The summed E-state index contributed by atoms with van der Waals surface area (Å²) >= 11 is 1.32. The third-order valence-electron chi connectivity index (χ3n) is 5.68. The van der Waals surface area contributed by atoms with Crippen LogP contribution in [0.3, 0.4) is 0 Å². The van der Waals surface area contributed by atoms with Crippen LogP contribution in [-0.4, -0.2) is 35.6 Å². The molecule has 0 saturated heterocycles. The lowest BCUT2D eigenvalue weighted by Gasteiger charge is -2.11. The largest absolute Gasteiger partial charge is 0.485 e. The summed E-state index contributed by atoms with van der Waals surface area (Å²) in [5.74, 6) is 1.55. The van der Waals surface area contributed by atoms with E-state index in [1.807, 2.05) is 43.5 Å². The molecule has 0 radical (unpaired) electrons. The molecule has 0 bridgehead atoms. The SMILES string of the molecule is CCn1c(COc2ccc(C)cc2C)nnc1SCC(=O)Nc1ccc2c(c1)n(C)c(=O)n2C. The van der Waals surface area contributed by atoms with Crippen molar-refractivity contribution in [3.63, 3.8) is 0 Å². The van der Waals surface area contributed by atoms with Crippen molar-refractivity contribution in [2.75, 3.05) is 11.1 Å². The molecule has 1 amide bonds. The van der Waals surface area contributed by atoms with Crippen LogP contribution in [0.5, 0.6) is 5.75 Å². The monoisotopic (exact) mass is 480 g/mol.